The summed E-state index contributed by atoms with van der Waals surface area (Å²) in [6.07, 6.45) is 1.90. The van der Waals surface area contributed by atoms with Gasteiger partial charge in [0.1, 0.15) is 5.75 Å². The third kappa shape index (κ3) is 2.68. The van der Waals surface area contributed by atoms with Crippen LogP contribution in [-0.2, 0) is 10.2 Å². The summed E-state index contributed by atoms with van der Waals surface area (Å²) in [5, 5.41) is 0. The molecule has 2 rings (SSSR count). The number of esters is 1. The average Bonchev–Trinajstić information content (AvgIpc) is 2.97. The monoisotopic (exact) mass is 232 g/mol. The molecule has 0 aliphatic heterocycles. The fraction of sp³-hybridized carbons (Fsp3) is 0.533. The van der Waals surface area contributed by atoms with Gasteiger partial charge in [0.05, 0.1) is 5.41 Å². The van der Waals surface area contributed by atoms with Gasteiger partial charge >= 0.3 is 5.97 Å². The van der Waals surface area contributed by atoms with Gasteiger partial charge in [-0.15, -0.1) is 0 Å². The minimum atomic E-state index is -0.220. The summed E-state index contributed by atoms with van der Waals surface area (Å²) in [5.41, 5.74) is 1.16. The highest BCUT2D eigenvalue weighted by atomic mass is 16.5. The van der Waals surface area contributed by atoms with Crippen molar-refractivity contribution in [1.82, 2.24) is 0 Å². The van der Waals surface area contributed by atoms with E-state index in [9.17, 15) is 4.79 Å². The fourth-order valence-corrected chi connectivity index (χ4v) is 1.64. The standard InChI is InChI=1S/C15H20O2/c1-14(2,3)11-5-7-12(8-6-11)17-13(16)15(4)9-10-15/h5-8H,9-10H2,1-4H3. The van der Waals surface area contributed by atoms with Crippen molar-refractivity contribution in [2.75, 3.05) is 0 Å². The van der Waals surface area contributed by atoms with Crippen molar-refractivity contribution in [1.29, 1.82) is 0 Å². The number of hydrogen-bond donors (Lipinski definition) is 0. The lowest BCUT2D eigenvalue weighted by atomic mass is 9.87. The smallest absolute Gasteiger partial charge is 0.317 e. The molecule has 0 spiro atoms. The first-order chi connectivity index (χ1) is 7.81. The van der Waals surface area contributed by atoms with Gasteiger partial charge in [-0.05, 0) is 42.9 Å². The molecule has 2 heteroatoms. The predicted octanol–water partition coefficient (Wildman–Crippen LogP) is 3.69. The number of benzene rings is 1. The van der Waals surface area contributed by atoms with E-state index < -0.39 is 0 Å². The van der Waals surface area contributed by atoms with E-state index in [1.54, 1.807) is 0 Å². The Morgan fingerprint density at radius 1 is 1.18 bits per heavy atom. The maximum absolute atomic E-state index is 11.8. The van der Waals surface area contributed by atoms with Crippen molar-refractivity contribution >= 4 is 5.97 Å². The maximum Gasteiger partial charge on any atom is 0.317 e. The van der Waals surface area contributed by atoms with Crippen LogP contribution in [0, 0.1) is 5.41 Å². The number of rotatable bonds is 2. The first kappa shape index (κ1) is 12.2. The van der Waals surface area contributed by atoms with Crippen LogP contribution in [-0.4, -0.2) is 5.97 Å². The van der Waals surface area contributed by atoms with Crippen LogP contribution in [0.4, 0.5) is 0 Å². The molecule has 1 aromatic carbocycles. The van der Waals surface area contributed by atoms with Gasteiger partial charge in [0.2, 0.25) is 0 Å². The minimum absolute atomic E-state index is 0.0963. The second kappa shape index (κ2) is 3.86. The van der Waals surface area contributed by atoms with Gasteiger partial charge in [-0.25, -0.2) is 0 Å². The van der Waals surface area contributed by atoms with E-state index in [1.165, 1.54) is 5.56 Å². The van der Waals surface area contributed by atoms with E-state index in [0.717, 1.165) is 12.8 Å². The second-order valence-corrected chi connectivity index (χ2v) is 6.22. The van der Waals surface area contributed by atoms with E-state index in [4.69, 9.17) is 4.74 Å². The van der Waals surface area contributed by atoms with Gasteiger partial charge in [-0.2, -0.15) is 0 Å². The van der Waals surface area contributed by atoms with Crippen molar-refractivity contribution < 1.29 is 9.53 Å². The van der Waals surface area contributed by atoms with Gasteiger partial charge < -0.3 is 4.74 Å². The van der Waals surface area contributed by atoms with Crippen LogP contribution < -0.4 is 4.74 Å². The van der Waals surface area contributed by atoms with Gasteiger partial charge in [-0.3, -0.25) is 4.79 Å². The summed E-state index contributed by atoms with van der Waals surface area (Å²) in [6.45, 7) is 8.45. The van der Waals surface area contributed by atoms with Crippen LogP contribution in [0.25, 0.3) is 0 Å². The van der Waals surface area contributed by atoms with E-state index in [2.05, 4.69) is 20.8 Å². The molecule has 1 saturated carbocycles. The minimum Gasteiger partial charge on any atom is -0.426 e. The molecule has 92 valence electrons. The molecule has 0 N–H and O–H groups in total. The van der Waals surface area contributed by atoms with Crippen LogP contribution in [0.15, 0.2) is 24.3 Å². The highest BCUT2D eigenvalue weighted by Gasteiger charge is 2.46. The SMILES string of the molecule is CC1(C(=O)Oc2ccc(C(C)(C)C)cc2)CC1. The Bertz CT molecular complexity index is 419. The molecule has 0 radical (unpaired) electrons. The van der Waals surface area contributed by atoms with Gasteiger partial charge in [0.15, 0.2) is 0 Å². The maximum atomic E-state index is 11.8. The Balaban J connectivity index is 2.06. The highest BCUT2D eigenvalue weighted by molar-refractivity contribution is 5.81. The molecule has 0 heterocycles. The zero-order chi connectivity index (χ0) is 12.7. The van der Waals surface area contributed by atoms with E-state index in [0.29, 0.717) is 5.75 Å². The Labute approximate surface area is 103 Å². The molecule has 0 bridgehead atoms. The van der Waals surface area contributed by atoms with Gasteiger partial charge in [0.25, 0.3) is 0 Å². The number of hydrogen-bond acceptors (Lipinski definition) is 2. The molecule has 2 nitrogen and oxygen atoms in total. The van der Waals surface area contributed by atoms with Crippen LogP contribution in [0.5, 0.6) is 5.75 Å². The molecule has 1 aromatic rings. The van der Waals surface area contributed by atoms with Gasteiger partial charge in [0, 0.05) is 0 Å². The molecule has 0 unspecified atom stereocenters. The number of carbonyl (C=O) groups excluding carboxylic acids is 1. The lowest BCUT2D eigenvalue weighted by Gasteiger charge is -2.19. The summed E-state index contributed by atoms with van der Waals surface area (Å²) < 4.78 is 5.37. The summed E-state index contributed by atoms with van der Waals surface area (Å²) in [7, 11) is 0. The zero-order valence-electron chi connectivity index (χ0n) is 11.0. The molecule has 1 fully saturated rings. The van der Waals surface area contributed by atoms with Crippen molar-refractivity contribution in [2.45, 2.75) is 46.0 Å². The van der Waals surface area contributed by atoms with Crippen LogP contribution >= 0.6 is 0 Å². The van der Waals surface area contributed by atoms with E-state index in [-0.39, 0.29) is 16.8 Å². The topological polar surface area (TPSA) is 26.3 Å². The zero-order valence-corrected chi connectivity index (χ0v) is 11.0. The summed E-state index contributed by atoms with van der Waals surface area (Å²) in [4.78, 5) is 11.8. The molecular formula is C15H20O2. The van der Waals surface area contributed by atoms with Crippen molar-refractivity contribution in [2.24, 2.45) is 5.41 Å². The third-order valence-electron chi connectivity index (χ3n) is 3.42. The van der Waals surface area contributed by atoms with Crippen LogP contribution in [0.3, 0.4) is 0 Å². The predicted molar refractivity (Wildman–Crippen MR) is 68.1 cm³/mol. The molecular weight excluding hydrogens is 212 g/mol. The fourth-order valence-electron chi connectivity index (χ4n) is 1.64. The van der Waals surface area contributed by atoms with Crippen molar-refractivity contribution in [3.05, 3.63) is 29.8 Å². The number of carbonyl (C=O) groups is 1. The molecule has 1 aliphatic carbocycles. The largest absolute Gasteiger partial charge is 0.426 e. The molecule has 0 saturated heterocycles. The average molecular weight is 232 g/mol. The Hall–Kier alpha value is -1.31. The van der Waals surface area contributed by atoms with Crippen LogP contribution in [0.1, 0.15) is 46.1 Å². The Morgan fingerprint density at radius 2 is 1.71 bits per heavy atom. The quantitative estimate of drug-likeness (QED) is 0.574. The Kier molecular flexibility index (Phi) is 2.76. The molecule has 0 aromatic heterocycles. The first-order valence-corrected chi connectivity index (χ1v) is 6.14. The third-order valence-corrected chi connectivity index (χ3v) is 3.42. The summed E-state index contributed by atoms with van der Waals surface area (Å²) in [5.74, 6) is 0.553. The molecule has 0 amide bonds. The van der Waals surface area contributed by atoms with Crippen molar-refractivity contribution in [3.63, 3.8) is 0 Å². The van der Waals surface area contributed by atoms with Crippen molar-refractivity contribution in [3.8, 4) is 5.75 Å². The summed E-state index contributed by atoms with van der Waals surface area (Å²) >= 11 is 0. The molecule has 17 heavy (non-hydrogen) atoms. The van der Waals surface area contributed by atoms with Crippen LogP contribution in [0.2, 0.25) is 0 Å². The van der Waals surface area contributed by atoms with E-state index >= 15 is 0 Å². The van der Waals surface area contributed by atoms with Gasteiger partial charge in [-0.1, -0.05) is 32.9 Å². The molecule has 1 aliphatic rings. The number of ether oxygens (including phenoxy) is 1. The normalized spacial score (nSPS) is 17.6. The lowest BCUT2D eigenvalue weighted by Crippen LogP contribution is -2.18. The molecule has 0 atom stereocenters. The Morgan fingerprint density at radius 3 is 2.12 bits per heavy atom. The second-order valence-electron chi connectivity index (χ2n) is 6.22. The summed E-state index contributed by atoms with van der Waals surface area (Å²) in [6, 6.07) is 7.81. The lowest BCUT2D eigenvalue weighted by molar-refractivity contribution is -0.139. The first-order valence-electron chi connectivity index (χ1n) is 6.14. The van der Waals surface area contributed by atoms with E-state index in [1.807, 2.05) is 31.2 Å². The highest BCUT2D eigenvalue weighted by Crippen LogP contribution is 2.46.